The summed E-state index contributed by atoms with van der Waals surface area (Å²) < 4.78 is 17.3. The number of likely N-dealkylation sites (N-methyl/N-ethyl adjacent to an activating group) is 1. The molecular weight excluding hydrogens is 835 g/mol. The van der Waals surface area contributed by atoms with E-state index in [1.54, 1.807) is 0 Å². The monoisotopic (exact) mass is 948 g/mol. The predicted octanol–water partition coefficient (Wildman–Crippen LogP) is 16.0. The number of quaternary nitrogens is 1. The van der Waals surface area contributed by atoms with E-state index in [9.17, 15) is 19.5 Å². The molecule has 0 bridgehead atoms. The standard InChI is InChI=1S/C59H113NO7/c1-6-8-10-12-14-16-18-20-22-24-26-28-29-30-32-34-36-38-40-42-44-46-48-50-58(62)67-55(53-65-52-51-56(59(63)64)60(3,4)5)54-66-57(61)49-47-45-43-41-39-37-35-33-31-27-25-23-21-19-17-15-13-11-9-7-2/h24,26,55-56H,6-23,25,27-54H2,1-5H3/b26-24-. The molecule has 0 aliphatic carbocycles. The number of allylic oxidation sites excluding steroid dienone is 2. The quantitative estimate of drug-likeness (QED) is 0.0259. The van der Waals surface area contributed by atoms with E-state index in [0.29, 0.717) is 12.8 Å². The molecule has 67 heavy (non-hydrogen) atoms. The van der Waals surface area contributed by atoms with E-state index in [4.69, 9.17) is 14.2 Å². The van der Waals surface area contributed by atoms with E-state index in [-0.39, 0.29) is 42.7 Å². The van der Waals surface area contributed by atoms with Crippen LogP contribution in [0.4, 0.5) is 0 Å². The molecule has 2 unspecified atom stereocenters. The topological polar surface area (TPSA) is 102 Å². The summed E-state index contributed by atoms with van der Waals surface area (Å²) in [4.78, 5) is 37.2. The first-order chi connectivity index (χ1) is 32.6. The Morgan fingerprint density at radius 1 is 0.433 bits per heavy atom. The van der Waals surface area contributed by atoms with E-state index >= 15 is 0 Å². The van der Waals surface area contributed by atoms with Crippen molar-refractivity contribution in [3.8, 4) is 0 Å². The lowest BCUT2D eigenvalue weighted by molar-refractivity contribution is -0.889. The molecule has 8 nitrogen and oxygen atoms in total. The van der Waals surface area contributed by atoms with Crippen LogP contribution in [0.25, 0.3) is 0 Å². The Kier molecular flexibility index (Phi) is 49.0. The summed E-state index contributed by atoms with van der Waals surface area (Å²) in [7, 11) is 5.44. The molecule has 0 saturated heterocycles. The summed E-state index contributed by atoms with van der Waals surface area (Å²) >= 11 is 0. The SMILES string of the molecule is CCCCCCCCCC/C=C\CCCCCCCCCCCCCC(=O)OC(COCCC(C(=O)[O-])[N+](C)(C)C)COC(=O)CCCCCCCCCCCCCCCCCCCCCC. The van der Waals surface area contributed by atoms with Gasteiger partial charge in [0.15, 0.2) is 6.10 Å². The van der Waals surface area contributed by atoms with Gasteiger partial charge in [0, 0.05) is 19.3 Å². The lowest BCUT2D eigenvalue weighted by atomic mass is 10.0. The summed E-state index contributed by atoms with van der Waals surface area (Å²) in [5, 5.41) is 11.7. The molecule has 0 aromatic carbocycles. The molecule has 0 aliphatic heterocycles. The first kappa shape index (κ1) is 65.1. The van der Waals surface area contributed by atoms with Gasteiger partial charge in [0.05, 0.1) is 40.3 Å². The third-order valence-corrected chi connectivity index (χ3v) is 13.7. The Morgan fingerprint density at radius 3 is 1.07 bits per heavy atom. The van der Waals surface area contributed by atoms with Gasteiger partial charge in [0.2, 0.25) is 0 Å². The van der Waals surface area contributed by atoms with Crippen LogP contribution in [-0.4, -0.2) is 75.5 Å². The van der Waals surface area contributed by atoms with Crippen molar-refractivity contribution >= 4 is 17.9 Å². The van der Waals surface area contributed by atoms with Crippen LogP contribution in [0.3, 0.4) is 0 Å². The zero-order chi connectivity index (χ0) is 49.2. The number of rotatable bonds is 54. The molecule has 0 aliphatic rings. The molecule has 0 radical (unpaired) electrons. The lowest BCUT2D eigenvalue weighted by Crippen LogP contribution is -2.55. The van der Waals surface area contributed by atoms with Gasteiger partial charge in [0.1, 0.15) is 12.6 Å². The summed E-state index contributed by atoms with van der Waals surface area (Å²) in [5.74, 6) is -1.71. The summed E-state index contributed by atoms with van der Waals surface area (Å²) in [6, 6.07) is -0.723. The van der Waals surface area contributed by atoms with E-state index in [2.05, 4.69) is 26.0 Å². The molecule has 0 spiro atoms. The first-order valence-electron chi connectivity index (χ1n) is 29.2. The highest BCUT2D eigenvalue weighted by molar-refractivity contribution is 5.70. The van der Waals surface area contributed by atoms with Crippen molar-refractivity contribution in [2.75, 3.05) is 41.0 Å². The maximum atomic E-state index is 12.8. The Hall–Kier alpha value is -1.93. The minimum Gasteiger partial charge on any atom is -0.544 e. The Bertz CT molecular complexity index is 1100. The van der Waals surface area contributed by atoms with Gasteiger partial charge in [-0.1, -0.05) is 251 Å². The second-order valence-corrected chi connectivity index (χ2v) is 21.2. The number of nitrogens with zero attached hydrogens (tertiary/aromatic N) is 1. The van der Waals surface area contributed by atoms with Crippen LogP contribution in [-0.2, 0) is 28.6 Å². The molecular formula is C59H113NO7. The maximum absolute atomic E-state index is 12.8. The number of carbonyl (C=O) groups excluding carboxylic acids is 3. The van der Waals surface area contributed by atoms with Gasteiger partial charge in [-0.2, -0.15) is 0 Å². The summed E-state index contributed by atoms with van der Waals surface area (Å²) in [5.41, 5.74) is 0. The van der Waals surface area contributed by atoms with Crippen LogP contribution in [0.2, 0.25) is 0 Å². The van der Waals surface area contributed by atoms with Crippen LogP contribution in [0.1, 0.15) is 296 Å². The number of hydrogen-bond donors (Lipinski definition) is 0. The molecule has 0 saturated carbocycles. The molecule has 2 atom stereocenters. The second-order valence-electron chi connectivity index (χ2n) is 21.2. The molecule has 0 aromatic rings. The number of unbranched alkanes of at least 4 members (excludes halogenated alkanes) is 38. The van der Waals surface area contributed by atoms with Crippen molar-refractivity contribution in [2.45, 2.75) is 309 Å². The summed E-state index contributed by atoms with van der Waals surface area (Å²) in [6.45, 7) is 4.73. The minimum atomic E-state index is -1.12. The van der Waals surface area contributed by atoms with Gasteiger partial charge in [0.25, 0.3) is 0 Å². The summed E-state index contributed by atoms with van der Waals surface area (Å²) in [6.07, 6.45) is 58.3. The number of esters is 2. The van der Waals surface area contributed by atoms with Gasteiger partial charge in [-0.25, -0.2) is 0 Å². The van der Waals surface area contributed by atoms with E-state index in [1.807, 2.05) is 21.1 Å². The zero-order valence-corrected chi connectivity index (χ0v) is 45.3. The highest BCUT2D eigenvalue weighted by atomic mass is 16.6. The largest absolute Gasteiger partial charge is 0.544 e. The van der Waals surface area contributed by atoms with Gasteiger partial charge >= 0.3 is 11.9 Å². The van der Waals surface area contributed by atoms with Crippen LogP contribution < -0.4 is 5.11 Å². The first-order valence-corrected chi connectivity index (χ1v) is 29.2. The van der Waals surface area contributed by atoms with Crippen LogP contribution in [0.5, 0.6) is 0 Å². The molecule has 8 heteroatoms. The fourth-order valence-corrected chi connectivity index (χ4v) is 9.13. The number of carboxylic acid groups (broad SMARTS) is 1. The van der Waals surface area contributed by atoms with Crippen LogP contribution in [0, 0.1) is 0 Å². The maximum Gasteiger partial charge on any atom is 0.306 e. The fourth-order valence-electron chi connectivity index (χ4n) is 9.13. The molecule has 0 N–H and O–H groups in total. The average Bonchev–Trinajstić information content (AvgIpc) is 3.29. The molecule has 0 amide bonds. The molecule has 0 fully saturated rings. The van der Waals surface area contributed by atoms with Crippen molar-refractivity contribution in [3.63, 3.8) is 0 Å². The number of carbonyl (C=O) groups is 3. The Balaban J connectivity index is 4.12. The van der Waals surface area contributed by atoms with E-state index in [1.165, 1.54) is 225 Å². The van der Waals surface area contributed by atoms with Crippen molar-refractivity contribution in [1.82, 2.24) is 0 Å². The number of aliphatic carboxylic acids is 1. The van der Waals surface area contributed by atoms with Crippen LogP contribution in [0.15, 0.2) is 12.2 Å². The van der Waals surface area contributed by atoms with Gasteiger partial charge in [-0.15, -0.1) is 0 Å². The normalized spacial score (nSPS) is 12.8. The van der Waals surface area contributed by atoms with Crippen molar-refractivity contribution in [2.24, 2.45) is 0 Å². The highest BCUT2D eigenvalue weighted by Gasteiger charge is 2.25. The second kappa shape index (κ2) is 50.5. The van der Waals surface area contributed by atoms with Crippen molar-refractivity contribution < 1.29 is 38.2 Å². The number of ether oxygens (including phenoxy) is 3. The van der Waals surface area contributed by atoms with E-state index in [0.717, 1.165) is 38.5 Å². The van der Waals surface area contributed by atoms with E-state index < -0.39 is 18.1 Å². The van der Waals surface area contributed by atoms with Gasteiger partial charge < -0.3 is 28.6 Å². The van der Waals surface area contributed by atoms with Crippen molar-refractivity contribution in [1.29, 1.82) is 0 Å². The number of hydrogen-bond acceptors (Lipinski definition) is 7. The van der Waals surface area contributed by atoms with Gasteiger partial charge in [-0.05, 0) is 38.5 Å². The lowest BCUT2D eigenvalue weighted by Gasteiger charge is -2.34. The third kappa shape index (κ3) is 48.9. The molecule has 0 rings (SSSR count). The highest BCUT2D eigenvalue weighted by Crippen LogP contribution is 2.17. The average molecular weight is 949 g/mol. The smallest absolute Gasteiger partial charge is 0.306 e. The van der Waals surface area contributed by atoms with Gasteiger partial charge in [-0.3, -0.25) is 9.59 Å². The van der Waals surface area contributed by atoms with Crippen LogP contribution >= 0.6 is 0 Å². The Labute approximate surface area is 416 Å². The minimum absolute atomic E-state index is 0.0473. The number of carboxylic acids is 1. The Morgan fingerprint density at radius 2 is 0.746 bits per heavy atom. The predicted molar refractivity (Wildman–Crippen MR) is 282 cm³/mol. The third-order valence-electron chi connectivity index (χ3n) is 13.7. The zero-order valence-electron chi connectivity index (χ0n) is 45.3. The molecule has 0 heterocycles. The molecule has 396 valence electrons. The van der Waals surface area contributed by atoms with Crippen molar-refractivity contribution in [3.05, 3.63) is 12.2 Å². The fraction of sp³-hybridized carbons (Fsp3) is 0.915. The molecule has 0 aromatic heterocycles.